The number of aryl methyl sites for hydroxylation is 1. The molecule has 0 unspecified atom stereocenters. The molecular formula is C13H22N2. The van der Waals surface area contributed by atoms with Gasteiger partial charge in [-0.05, 0) is 38.4 Å². The van der Waals surface area contributed by atoms with Gasteiger partial charge in [0.15, 0.2) is 0 Å². The maximum absolute atomic E-state index is 3.41. The van der Waals surface area contributed by atoms with Gasteiger partial charge in [-0.3, -0.25) is 0 Å². The zero-order valence-electron chi connectivity index (χ0n) is 9.63. The minimum absolute atomic E-state index is 1.05. The molecule has 0 saturated carbocycles. The summed E-state index contributed by atoms with van der Waals surface area (Å²) in [4.78, 5) is 0. The molecule has 2 N–H and O–H groups in total. The molecule has 0 aliphatic carbocycles. The summed E-state index contributed by atoms with van der Waals surface area (Å²) in [7, 11) is 1.98. The van der Waals surface area contributed by atoms with E-state index in [0.717, 1.165) is 19.6 Å². The van der Waals surface area contributed by atoms with Crippen molar-refractivity contribution in [1.29, 1.82) is 0 Å². The average Bonchev–Trinajstić information content (AvgIpc) is 2.29. The standard InChI is InChI=1S/C13H22N2/c1-14-11-12-15-10-6-5-9-13-7-3-2-4-8-13/h2-4,7-8,14-15H,5-6,9-12H2,1H3. The zero-order valence-corrected chi connectivity index (χ0v) is 9.63. The van der Waals surface area contributed by atoms with Crippen molar-refractivity contribution in [1.82, 2.24) is 10.6 Å². The Balaban J connectivity index is 1.93. The molecule has 0 aliphatic heterocycles. The van der Waals surface area contributed by atoms with E-state index in [4.69, 9.17) is 0 Å². The van der Waals surface area contributed by atoms with Crippen LogP contribution in [-0.4, -0.2) is 26.7 Å². The van der Waals surface area contributed by atoms with Gasteiger partial charge < -0.3 is 10.6 Å². The molecule has 0 fully saturated rings. The molecule has 2 heteroatoms. The first-order chi connectivity index (χ1) is 7.43. The van der Waals surface area contributed by atoms with E-state index >= 15 is 0 Å². The van der Waals surface area contributed by atoms with E-state index in [1.807, 2.05) is 7.05 Å². The van der Waals surface area contributed by atoms with Gasteiger partial charge in [-0.2, -0.15) is 0 Å². The highest BCUT2D eigenvalue weighted by Crippen LogP contribution is 2.03. The average molecular weight is 206 g/mol. The third-order valence-electron chi connectivity index (χ3n) is 2.46. The molecule has 2 nitrogen and oxygen atoms in total. The number of likely N-dealkylation sites (N-methyl/N-ethyl adjacent to an activating group) is 1. The quantitative estimate of drug-likeness (QED) is 0.634. The summed E-state index contributed by atoms with van der Waals surface area (Å²) in [5.74, 6) is 0. The molecule has 1 aromatic carbocycles. The van der Waals surface area contributed by atoms with E-state index < -0.39 is 0 Å². The van der Waals surface area contributed by atoms with E-state index in [2.05, 4.69) is 41.0 Å². The first-order valence-corrected chi connectivity index (χ1v) is 5.82. The van der Waals surface area contributed by atoms with Gasteiger partial charge in [0.2, 0.25) is 0 Å². The Morgan fingerprint density at radius 2 is 1.73 bits per heavy atom. The summed E-state index contributed by atoms with van der Waals surface area (Å²) in [6.45, 7) is 3.26. The summed E-state index contributed by atoms with van der Waals surface area (Å²) < 4.78 is 0. The SMILES string of the molecule is CNCCNCCCCc1ccccc1. The number of hydrogen-bond donors (Lipinski definition) is 2. The lowest BCUT2D eigenvalue weighted by atomic mass is 10.1. The smallest absolute Gasteiger partial charge is 0.00766 e. The van der Waals surface area contributed by atoms with Crippen LogP contribution in [0.15, 0.2) is 30.3 Å². The first kappa shape index (κ1) is 12.2. The van der Waals surface area contributed by atoms with Crippen LogP contribution in [0.4, 0.5) is 0 Å². The molecule has 0 aromatic heterocycles. The monoisotopic (exact) mass is 206 g/mol. The predicted octanol–water partition coefficient (Wildman–Crippen LogP) is 1.82. The second kappa shape index (κ2) is 8.45. The van der Waals surface area contributed by atoms with Gasteiger partial charge in [0, 0.05) is 13.1 Å². The largest absolute Gasteiger partial charge is 0.318 e. The minimum atomic E-state index is 1.05. The van der Waals surface area contributed by atoms with Crippen molar-refractivity contribution in [2.45, 2.75) is 19.3 Å². The van der Waals surface area contributed by atoms with E-state index in [0.29, 0.717) is 0 Å². The van der Waals surface area contributed by atoms with Crippen LogP contribution in [0, 0.1) is 0 Å². The maximum atomic E-state index is 3.41. The van der Waals surface area contributed by atoms with Gasteiger partial charge in [-0.15, -0.1) is 0 Å². The molecule has 0 spiro atoms. The fourth-order valence-corrected chi connectivity index (χ4v) is 1.56. The predicted molar refractivity (Wildman–Crippen MR) is 66.2 cm³/mol. The van der Waals surface area contributed by atoms with E-state index in [1.54, 1.807) is 0 Å². The number of unbranched alkanes of at least 4 members (excludes halogenated alkanes) is 1. The third kappa shape index (κ3) is 6.26. The Hall–Kier alpha value is -0.860. The molecule has 0 saturated heterocycles. The van der Waals surface area contributed by atoms with Crippen molar-refractivity contribution in [2.75, 3.05) is 26.7 Å². The summed E-state index contributed by atoms with van der Waals surface area (Å²) in [6, 6.07) is 10.7. The molecule has 0 atom stereocenters. The second-order valence-corrected chi connectivity index (χ2v) is 3.80. The zero-order chi connectivity index (χ0) is 10.8. The Bertz CT molecular complexity index is 234. The van der Waals surface area contributed by atoms with Crippen molar-refractivity contribution < 1.29 is 0 Å². The van der Waals surface area contributed by atoms with Crippen LogP contribution in [0.1, 0.15) is 18.4 Å². The normalized spacial score (nSPS) is 10.5. The highest BCUT2D eigenvalue weighted by molar-refractivity contribution is 5.14. The van der Waals surface area contributed by atoms with E-state index in [9.17, 15) is 0 Å². The van der Waals surface area contributed by atoms with Crippen LogP contribution >= 0.6 is 0 Å². The summed E-state index contributed by atoms with van der Waals surface area (Å²) in [6.07, 6.45) is 3.74. The van der Waals surface area contributed by atoms with Gasteiger partial charge in [0.25, 0.3) is 0 Å². The molecule has 0 amide bonds. The number of benzene rings is 1. The van der Waals surface area contributed by atoms with Crippen LogP contribution < -0.4 is 10.6 Å². The third-order valence-corrected chi connectivity index (χ3v) is 2.46. The van der Waals surface area contributed by atoms with Gasteiger partial charge in [-0.1, -0.05) is 30.3 Å². The molecule has 0 bridgehead atoms. The molecule has 15 heavy (non-hydrogen) atoms. The molecule has 1 rings (SSSR count). The Labute approximate surface area is 93.1 Å². The van der Waals surface area contributed by atoms with Crippen molar-refractivity contribution in [3.63, 3.8) is 0 Å². The second-order valence-electron chi connectivity index (χ2n) is 3.80. The lowest BCUT2D eigenvalue weighted by Crippen LogP contribution is -2.25. The van der Waals surface area contributed by atoms with Crippen LogP contribution in [0.25, 0.3) is 0 Å². The van der Waals surface area contributed by atoms with Gasteiger partial charge >= 0.3 is 0 Å². The minimum Gasteiger partial charge on any atom is -0.318 e. The lowest BCUT2D eigenvalue weighted by Gasteiger charge is -2.04. The highest BCUT2D eigenvalue weighted by atomic mass is 14.9. The Morgan fingerprint density at radius 3 is 2.47 bits per heavy atom. The molecule has 1 aromatic rings. The Kier molecular flexibility index (Phi) is 6.88. The molecule has 0 aliphatic rings. The van der Waals surface area contributed by atoms with Crippen LogP contribution in [0.5, 0.6) is 0 Å². The first-order valence-electron chi connectivity index (χ1n) is 5.82. The fraction of sp³-hybridized carbons (Fsp3) is 0.538. The summed E-state index contributed by atoms with van der Waals surface area (Å²) in [5, 5.41) is 6.53. The van der Waals surface area contributed by atoms with E-state index in [-0.39, 0.29) is 0 Å². The number of rotatable bonds is 8. The van der Waals surface area contributed by atoms with Crippen LogP contribution in [0.3, 0.4) is 0 Å². The number of hydrogen-bond acceptors (Lipinski definition) is 2. The summed E-state index contributed by atoms with van der Waals surface area (Å²) in [5.41, 5.74) is 1.45. The van der Waals surface area contributed by atoms with Crippen molar-refractivity contribution in [3.8, 4) is 0 Å². The van der Waals surface area contributed by atoms with Gasteiger partial charge in [0.05, 0.1) is 0 Å². The molecule has 0 radical (unpaired) electrons. The fourth-order valence-electron chi connectivity index (χ4n) is 1.56. The van der Waals surface area contributed by atoms with Crippen LogP contribution in [-0.2, 0) is 6.42 Å². The van der Waals surface area contributed by atoms with E-state index in [1.165, 1.54) is 24.8 Å². The van der Waals surface area contributed by atoms with Crippen molar-refractivity contribution in [2.24, 2.45) is 0 Å². The van der Waals surface area contributed by atoms with Crippen molar-refractivity contribution in [3.05, 3.63) is 35.9 Å². The summed E-state index contributed by atoms with van der Waals surface area (Å²) >= 11 is 0. The molecule has 84 valence electrons. The highest BCUT2D eigenvalue weighted by Gasteiger charge is 1.91. The van der Waals surface area contributed by atoms with Crippen LogP contribution in [0.2, 0.25) is 0 Å². The van der Waals surface area contributed by atoms with Crippen molar-refractivity contribution >= 4 is 0 Å². The topological polar surface area (TPSA) is 24.1 Å². The lowest BCUT2D eigenvalue weighted by molar-refractivity contribution is 0.606. The number of nitrogens with one attached hydrogen (secondary N) is 2. The molecule has 0 heterocycles. The Morgan fingerprint density at radius 1 is 0.933 bits per heavy atom. The van der Waals surface area contributed by atoms with Gasteiger partial charge in [0.1, 0.15) is 0 Å². The van der Waals surface area contributed by atoms with Gasteiger partial charge in [-0.25, -0.2) is 0 Å². The maximum Gasteiger partial charge on any atom is 0.00766 e. The molecular weight excluding hydrogens is 184 g/mol.